The van der Waals surface area contributed by atoms with E-state index in [4.69, 9.17) is 32.7 Å². The Morgan fingerprint density at radius 2 is 1.64 bits per heavy atom. The van der Waals surface area contributed by atoms with Crippen LogP contribution in [0, 0.1) is 0 Å². The lowest BCUT2D eigenvalue weighted by Crippen LogP contribution is -2.35. The molecule has 28 heavy (non-hydrogen) atoms. The quantitative estimate of drug-likeness (QED) is 0.569. The number of para-hydroxylation sites is 1. The molecule has 2 N–H and O–H groups in total. The van der Waals surface area contributed by atoms with Gasteiger partial charge >= 0.3 is 0 Å². The van der Waals surface area contributed by atoms with E-state index >= 15 is 0 Å². The average molecular weight is 425 g/mol. The molecule has 0 unspecified atom stereocenters. The topological polar surface area (TPSA) is 76.7 Å². The Hall–Kier alpha value is -2.44. The number of carbonyl (C=O) groups is 2. The first-order valence-corrected chi connectivity index (χ1v) is 9.53. The highest BCUT2D eigenvalue weighted by atomic mass is 35.5. The average Bonchev–Trinajstić information content (AvgIpc) is 2.70. The number of amides is 2. The van der Waals surface area contributed by atoms with E-state index in [1.807, 2.05) is 30.3 Å². The summed E-state index contributed by atoms with van der Waals surface area (Å²) in [6.07, 6.45) is 0.942. The normalized spacial score (nSPS) is 10.2. The lowest BCUT2D eigenvalue weighted by molar-refractivity contribution is -0.121. The third-order valence-electron chi connectivity index (χ3n) is 3.78. The lowest BCUT2D eigenvalue weighted by Gasteiger charge is -2.12. The van der Waals surface area contributed by atoms with Gasteiger partial charge in [-0.2, -0.15) is 0 Å². The maximum absolute atomic E-state index is 12.3. The zero-order chi connectivity index (χ0) is 20.4. The Kier molecular flexibility index (Phi) is 8.91. The van der Waals surface area contributed by atoms with Crippen molar-refractivity contribution in [1.29, 1.82) is 0 Å². The van der Waals surface area contributed by atoms with Crippen LogP contribution in [0.1, 0.15) is 23.2 Å². The molecule has 0 aromatic heterocycles. The van der Waals surface area contributed by atoms with Crippen LogP contribution in [0.3, 0.4) is 0 Å². The zero-order valence-corrected chi connectivity index (χ0v) is 17.0. The predicted molar refractivity (Wildman–Crippen MR) is 110 cm³/mol. The second-order valence-electron chi connectivity index (χ2n) is 5.81. The Bertz CT molecular complexity index is 800. The molecule has 0 bridgehead atoms. The Morgan fingerprint density at radius 1 is 0.964 bits per heavy atom. The third kappa shape index (κ3) is 6.62. The molecule has 2 aromatic carbocycles. The molecule has 8 heteroatoms. The maximum atomic E-state index is 12.3. The van der Waals surface area contributed by atoms with Crippen molar-refractivity contribution in [3.05, 3.63) is 58.1 Å². The molecule has 0 aliphatic heterocycles. The van der Waals surface area contributed by atoms with E-state index in [0.29, 0.717) is 31.0 Å². The molecule has 0 heterocycles. The van der Waals surface area contributed by atoms with Gasteiger partial charge in [0.2, 0.25) is 5.91 Å². The Labute approximate surface area is 174 Å². The van der Waals surface area contributed by atoms with Gasteiger partial charge in [0.25, 0.3) is 5.91 Å². The first-order chi connectivity index (χ1) is 13.5. The van der Waals surface area contributed by atoms with Gasteiger partial charge in [0.15, 0.2) is 5.75 Å². The van der Waals surface area contributed by atoms with Gasteiger partial charge in [0, 0.05) is 19.5 Å². The largest absolute Gasteiger partial charge is 0.494 e. The number of carbonyl (C=O) groups excluding carboxylic acids is 2. The molecule has 2 rings (SSSR count). The fourth-order valence-corrected chi connectivity index (χ4v) is 2.91. The van der Waals surface area contributed by atoms with Gasteiger partial charge < -0.3 is 20.1 Å². The van der Waals surface area contributed by atoms with E-state index in [0.717, 1.165) is 5.75 Å². The van der Waals surface area contributed by atoms with Crippen LogP contribution in [0.5, 0.6) is 11.5 Å². The second kappa shape index (κ2) is 11.4. The summed E-state index contributed by atoms with van der Waals surface area (Å²) in [7, 11) is 1.41. The highest BCUT2D eigenvalue weighted by molar-refractivity contribution is 6.37. The minimum atomic E-state index is -0.421. The highest BCUT2D eigenvalue weighted by Crippen LogP contribution is 2.33. The summed E-state index contributed by atoms with van der Waals surface area (Å²) in [5.74, 6) is 0.467. The van der Waals surface area contributed by atoms with Crippen molar-refractivity contribution in [3.63, 3.8) is 0 Å². The minimum absolute atomic E-state index is 0.107. The van der Waals surface area contributed by atoms with Gasteiger partial charge in [-0.3, -0.25) is 9.59 Å². The first kappa shape index (κ1) is 21.9. The predicted octanol–water partition coefficient (Wildman–Crippen LogP) is 3.71. The van der Waals surface area contributed by atoms with Crippen molar-refractivity contribution >= 4 is 35.0 Å². The number of benzene rings is 2. The molecule has 0 atom stereocenters. The summed E-state index contributed by atoms with van der Waals surface area (Å²) < 4.78 is 10.7. The molecule has 0 aliphatic carbocycles. The molecule has 0 fully saturated rings. The number of nitrogens with one attached hydrogen (secondary N) is 2. The van der Waals surface area contributed by atoms with Crippen molar-refractivity contribution in [2.75, 3.05) is 26.8 Å². The Morgan fingerprint density at radius 3 is 2.36 bits per heavy atom. The van der Waals surface area contributed by atoms with Crippen LogP contribution in [-0.4, -0.2) is 38.6 Å². The number of halogens is 2. The third-order valence-corrected chi connectivity index (χ3v) is 4.40. The summed E-state index contributed by atoms with van der Waals surface area (Å²) in [5, 5.41) is 5.96. The minimum Gasteiger partial charge on any atom is -0.494 e. The summed E-state index contributed by atoms with van der Waals surface area (Å²) in [6, 6.07) is 12.5. The molecule has 0 saturated carbocycles. The fourth-order valence-electron chi connectivity index (χ4n) is 2.44. The van der Waals surface area contributed by atoms with Gasteiger partial charge in [-0.05, 0) is 30.7 Å². The van der Waals surface area contributed by atoms with Crippen LogP contribution >= 0.6 is 23.2 Å². The molecule has 150 valence electrons. The number of ether oxygens (including phenoxy) is 2. The van der Waals surface area contributed by atoms with Crippen LogP contribution in [-0.2, 0) is 4.79 Å². The number of hydrogen-bond acceptors (Lipinski definition) is 4. The SMILES string of the molecule is COc1c(Cl)ccc(Cl)c1C(=O)NCCNC(=O)CCCOc1ccccc1. The van der Waals surface area contributed by atoms with E-state index < -0.39 is 5.91 Å². The monoisotopic (exact) mass is 424 g/mol. The number of hydrogen-bond donors (Lipinski definition) is 2. The summed E-state index contributed by atoms with van der Waals surface area (Å²) in [6.45, 7) is 1.00. The Balaban J connectivity index is 1.66. The molecular weight excluding hydrogens is 403 g/mol. The smallest absolute Gasteiger partial charge is 0.256 e. The second-order valence-corrected chi connectivity index (χ2v) is 6.62. The van der Waals surface area contributed by atoms with Crippen molar-refractivity contribution in [2.45, 2.75) is 12.8 Å². The molecule has 0 saturated heterocycles. The maximum Gasteiger partial charge on any atom is 0.256 e. The van der Waals surface area contributed by atoms with Crippen molar-refractivity contribution in [1.82, 2.24) is 10.6 Å². The highest BCUT2D eigenvalue weighted by Gasteiger charge is 2.19. The number of methoxy groups -OCH3 is 1. The number of rotatable bonds is 10. The van der Waals surface area contributed by atoms with Crippen LogP contribution < -0.4 is 20.1 Å². The van der Waals surface area contributed by atoms with E-state index in [2.05, 4.69) is 10.6 Å². The van der Waals surface area contributed by atoms with Crippen LogP contribution in [0.25, 0.3) is 0 Å². The molecule has 2 aromatic rings. The van der Waals surface area contributed by atoms with Crippen molar-refractivity contribution in [3.8, 4) is 11.5 Å². The van der Waals surface area contributed by atoms with Gasteiger partial charge in [0.05, 0.1) is 23.8 Å². The molecule has 6 nitrogen and oxygen atoms in total. The van der Waals surface area contributed by atoms with Crippen LogP contribution in [0.15, 0.2) is 42.5 Å². The standard InChI is InChI=1S/C20H22Cl2N2O4/c1-27-19-16(22)10-9-15(21)18(19)20(26)24-12-11-23-17(25)8-5-13-28-14-6-3-2-4-7-14/h2-4,6-7,9-10H,5,8,11-13H2,1H3,(H,23,25)(H,24,26). The molecule has 0 radical (unpaired) electrons. The van der Waals surface area contributed by atoms with E-state index in [1.54, 1.807) is 6.07 Å². The summed E-state index contributed by atoms with van der Waals surface area (Å²) in [4.78, 5) is 24.2. The molecular formula is C20H22Cl2N2O4. The molecule has 0 spiro atoms. The van der Waals surface area contributed by atoms with Gasteiger partial charge in [0.1, 0.15) is 11.3 Å². The lowest BCUT2D eigenvalue weighted by atomic mass is 10.2. The van der Waals surface area contributed by atoms with Crippen LogP contribution in [0.2, 0.25) is 10.0 Å². The summed E-state index contributed by atoms with van der Waals surface area (Å²) in [5.41, 5.74) is 0.168. The van der Waals surface area contributed by atoms with Gasteiger partial charge in [-0.25, -0.2) is 0 Å². The molecule has 2 amide bonds. The van der Waals surface area contributed by atoms with Gasteiger partial charge in [-0.1, -0.05) is 41.4 Å². The molecule has 0 aliphatic rings. The van der Waals surface area contributed by atoms with Crippen LogP contribution in [0.4, 0.5) is 0 Å². The summed E-state index contributed by atoms with van der Waals surface area (Å²) >= 11 is 12.1. The van der Waals surface area contributed by atoms with Crippen molar-refractivity contribution in [2.24, 2.45) is 0 Å². The van der Waals surface area contributed by atoms with E-state index in [-0.39, 0.29) is 28.8 Å². The first-order valence-electron chi connectivity index (χ1n) is 8.77. The van der Waals surface area contributed by atoms with Gasteiger partial charge in [-0.15, -0.1) is 0 Å². The van der Waals surface area contributed by atoms with E-state index in [9.17, 15) is 9.59 Å². The fraction of sp³-hybridized carbons (Fsp3) is 0.300. The zero-order valence-electron chi connectivity index (χ0n) is 15.5. The van der Waals surface area contributed by atoms with E-state index in [1.165, 1.54) is 13.2 Å². The van der Waals surface area contributed by atoms with Crippen molar-refractivity contribution < 1.29 is 19.1 Å².